The number of rotatable bonds is 3. The summed E-state index contributed by atoms with van der Waals surface area (Å²) in [7, 11) is 0. The largest absolute Gasteiger partial charge is 0.435 e. The minimum Gasteiger partial charge on any atom is -0.435 e. The molecular weight excluding hydrogens is 388 g/mol. The number of aromatic amines is 1. The van der Waals surface area contributed by atoms with Crippen LogP contribution in [0.2, 0.25) is 5.02 Å². The number of ether oxygens (including phenoxy) is 1. The number of H-pyrrole nitrogens is 1. The number of amides is 1. The summed E-state index contributed by atoms with van der Waals surface area (Å²) >= 11 is 6.20. The fraction of sp³-hybridized carbons (Fsp3) is 0.304. The summed E-state index contributed by atoms with van der Waals surface area (Å²) in [5.41, 5.74) is 3.34. The normalized spacial score (nSPS) is 18.9. The number of nitrogens with one attached hydrogen (secondary N) is 1. The molecule has 1 fully saturated rings. The van der Waals surface area contributed by atoms with Crippen molar-refractivity contribution < 1.29 is 14.3 Å². The van der Waals surface area contributed by atoms with Crippen molar-refractivity contribution in [3.8, 4) is 0 Å². The first-order valence-electron chi connectivity index (χ1n) is 9.98. The number of carbonyl (C=O) groups is 2. The number of hydrogen-bond acceptors (Lipinski definition) is 3. The third kappa shape index (κ3) is 3.19. The van der Waals surface area contributed by atoms with Crippen molar-refractivity contribution in [2.75, 3.05) is 6.54 Å². The van der Waals surface area contributed by atoms with Gasteiger partial charge in [0, 0.05) is 28.0 Å². The Kier molecular flexibility index (Phi) is 4.55. The topological polar surface area (TPSA) is 62.4 Å². The molecule has 2 heterocycles. The van der Waals surface area contributed by atoms with Crippen LogP contribution in [0.3, 0.4) is 0 Å². The van der Waals surface area contributed by atoms with Gasteiger partial charge < -0.3 is 9.72 Å². The van der Waals surface area contributed by atoms with Gasteiger partial charge in [0.1, 0.15) is 0 Å². The van der Waals surface area contributed by atoms with Gasteiger partial charge in [0.2, 0.25) is 6.23 Å². The number of hydrogen-bond donors (Lipinski definition) is 1. The van der Waals surface area contributed by atoms with Crippen LogP contribution in [0, 0.1) is 5.92 Å². The van der Waals surface area contributed by atoms with E-state index >= 15 is 0 Å². The number of nitrogens with zero attached hydrogens (tertiary/aromatic N) is 1. The van der Waals surface area contributed by atoms with E-state index in [9.17, 15) is 9.59 Å². The summed E-state index contributed by atoms with van der Waals surface area (Å²) in [6.45, 7) is 0.475. The van der Waals surface area contributed by atoms with Crippen molar-refractivity contribution in [1.29, 1.82) is 0 Å². The summed E-state index contributed by atoms with van der Waals surface area (Å²) in [6.07, 6.45) is 2.67. The lowest BCUT2D eigenvalue weighted by atomic mass is 9.85. The van der Waals surface area contributed by atoms with Gasteiger partial charge in [0.05, 0.1) is 11.6 Å². The molecule has 1 amide bonds. The van der Waals surface area contributed by atoms with E-state index in [0.717, 1.165) is 41.4 Å². The van der Waals surface area contributed by atoms with Crippen LogP contribution in [-0.4, -0.2) is 28.3 Å². The molecule has 2 aromatic carbocycles. The number of aromatic nitrogens is 1. The average molecular weight is 409 g/mol. The SMILES string of the molecule is O=C(OC1c2[nH]c3ccc(Cl)cc3c2CCN1C(=O)c1ccccc1)C1CCC1. The smallest absolute Gasteiger partial charge is 0.311 e. The Morgan fingerprint density at radius 1 is 1.10 bits per heavy atom. The van der Waals surface area contributed by atoms with Gasteiger partial charge in [-0.15, -0.1) is 0 Å². The molecule has 1 atom stereocenters. The summed E-state index contributed by atoms with van der Waals surface area (Å²) in [6, 6.07) is 14.8. The number of fused-ring (bicyclic) bond motifs is 3. The van der Waals surface area contributed by atoms with Crippen LogP contribution < -0.4 is 0 Å². The fourth-order valence-corrected chi connectivity index (χ4v) is 4.33. The van der Waals surface area contributed by atoms with Crippen molar-refractivity contribution in [2.24, 2.45) is 5.92 Å². The maximum absolute atomic E-state index is 13.2. The lowest BCUT2D eigenvalue weighted by Gasteiger charge is -2.36. The van der Waals surface area contributed by atoms with Crippen LogP contribution >= 0.6 is 11.6 Å². The molecule has 3 aromatic rings. The molecule has 0 bridgehead atoms. The number of esters is 1. The summed E-state index contributed by atoms with van der Waals surface area (Å²) < 4.78 is 5.94. The number of benzene rings is 2. The minimum atomic E-state index is -0.759. The van der Waals surface area contributed by atoms with Crippen LogP contribution in [0.15, 0.2) is 48.5 Å². The molecule has 148 valence electrons. The third-order valence-corrected chi connectivity index (χ3v) is 6.22. The lowest BCUT2D eigenvalue weighted by molar-refractivity contribution is -0.166. The van der Waals surface area contributed by atoms with Gasteiger partial charge in [-0.25, -0.2) is 0 Å². The monoisotopic (exact) mass is 408 g/mol. The van der Waals surface area contributed by atoms with Gasteiger partial charge in [-0.3, -0.25) is 14.5 Å². The standard InChI is InChI=1S/C23H21ClN2O3/c24-16-9-10-19-18(13-16)17-11-12-26(21(27)14-5-2-1-3-6-14)22(20(17)25-19)29-23(28)15-7-4-8-15/h1-3,5-6,9-10,13,15,22,25H,4,7-8,11-12H2. The zero-order valence-corrected chi connectivity index (χ0v) is 16.6. The van der Waals surface area contributed by atoms with Crippen molar-refractivity contribution in [3.05, 3.63) is 70.4 Å². The van der Waals surface area contributed by atoms with Gasteiger partial charge >= 0.3 is 5.97 Å². The Morgan fingerprint density at radius 2 is 1.90 bits per heavy atom. The Hall–Kier alpha value is -2.79. The molecule has 2 aliphatic rings. The van der Waals surface area contributed by atoms with Gasteiger partial charge in [-0.2, -0.15) is 0 Å². The van der Waals surface area contributed by atoms with Crippen molar-refractivity contribution in [1.82, 2.24) is 9.88 Å². The molecule has 0 radical (unpaired) electrons. The lowest BCUT2D eigenvalue weighted by Crippen LogP contribution is -2.43. The Labute approximate surface area is 173 Å². The van der Waals surface area contributed by atoms with Crippen molar-refractivity contribution >= 4 is 34.4 Å². The van der Waals surface area contributed by atoms with E-state index in [2.05, 4.69) is 4.98 Å². The van der Waals surface area contributed by atoms with Crippen molar-refractivity contribution in [2.45, 2.75) is 31.9 Å². The maximum atomic E-state index is 13.2. The Bertz CT molecular complexity index is 1090. The van der Waals surface area contributed by atoms with Gasteiger partial charge in [0.15, 0.2) is 0 Å². The second-order valence-corrected chi connectivity index (χ2v) is 8.18. The third-order valence-electron chi connectivity index (χ3n) is 5.98. The van der Waals surface area contributed by atoms with Gasteiger partial charge in [-0.05, 0) is 55.2 Å². The first-order valence-corrected chi connectivity index (χ1v) is 10.4. The highest BCUT2D eigenvalue weighted by Gasteiger charge is 2.38. The van der Waals surface area contributed by atoms with Crippen LogP contribution in [0.1, 0.15) is 47.1 Å². The minimum absolute atomic E-state index is 0.0622. The molecule has 6 heteroatoms. The van der Waals surface area contributed by atoms with Gasteiger partial charge in [-0.1, -0.05) is 36.2 Å². The fourth-order valence-electron chi connectivity index (χ4n) is 4.15. The highest BCUT2D eigenvalue weighted by molar-refractivity contribution is 6.31. The molecule has 1 aliphatic heterocycles. The quantitative estimate of drug-likeness (QED) is 0.629. The summed E-state index contributed by atoms with van der Waals surface area (Å²) in [4.78, 5) is 30.9. The molecule has 5 nitrogen and oxygen atoms in total. The summed E-state index contributed by atoms with van der Waals surface area (Å²) in [5, 5.41) is 1.68. The molecule has 1 saturated carbocycles. The molecule has 1 aliphatic carbocycles. The first kappa shape index (κ1) is 18.3. The highest BCUT2D eigenvalue weighted by Crippen LogP contribution is 2.38. The first-order chi connectivity index (χ1) is 14.1. The van der Waals surface area contributed by atoms with Crippen LogP contribution in [-0.2, 0) is 16.0 Å². The molecule has 1 N–H and O–H groups in total. The van der Waals surface area contributed by atoms with Crippen LogP contribution in [0.5, 0.6) is 0 Å². The summed E-state index contributed by atoms with van der Waals surface area (Å²) in [5.74, 6) is -0.427. The zero-order valence-electron chi connectivity index (χ0n) is 15.9. The van der Waals surface area contributed by atoms with E-state index in [4.69, 9.17) is 16.3 Å². The molecule has 29 heavy (non-hydrogen) atoms. The molecule has 5 rings (SSSR count). The van der Waals surface area contributed by atoms with E-state index in [1.807, 2.05) is 36.4 Å². The predicted molar refractivity (Wildman–Crippen MR) is 111 cm³/mol. The van der Waals surface area contributed by atoms with E-state index < -0.39 is 6.23 Å². The van der Waals surface area contributed by atoms with Crippen molar-refractivity contribution in [3.63, 3.8) is 0 Å². The maximum Gasteiger partial charge on any atom is 0.311 e. The molecule has 0 spiro atoms. The molecule has 0 saturated heterocycles. The highest BCUT2D eigenvalue weighted by atomic mass is 35.5. The zero-order chi connectivity index (χ0) is 20.0. The van der Waals surface area contributed by atoms with E-state index in [-0.39, 0.29) is 17.8 Å². The average Bonchev–Trinajstić information content (AvgIpc) is 3.05. The van der Waals surface area contributed by atoms with Crippen LogP contribution in [0.25, 0.3) is 10.9 Å². The second-order valence-electron chi connectivity index (χ2n) is 7.74. The number of carbonyl (C=O) groups excluding carboxylic acids is 2. The molecule has 1 unspecified atom stereocenters. The Balaban J connectivity index is 1.56. The van der Waals surface area contributed by atoms with E-state index in [1.54, 1.807) is 17.0 Å². The van der Waals surface area contributed by atoms with E-state index in [0.29, 0.717) is 23.6 Å². The molecular formula is C23H21ClN2O3. The Morgan fingerprint density at radius 3 is 2.62 bits per heavy atom. The number of halogens is 1. The second kappa shape index (κ2) is 7.23. The van der Waals surface area contributed by atoms with Crippen LogP contribution in [0.4, 0.5) is 0 Å². The predicted octanol–water partition coefficient (Wildman–Crippen LogP) is 4.86. The molecule has 1 aromatic heterocycles. The van der Waals surface area contributed by atoms with E-state index in [1.165, 1.54) is 0 Å². The van der Waals surface area contributed by atoms with Gasteiger partial charge in [0.25, 0.3) is 5.91 Å².